The van der Waals surface area contributed by atoms with Crippen LogP contribution in [0.5, 0.6) is 11.5 Å². The van der Waals surface area contributed by atoms with Gasteiger partial charge in [-0.3, -0.25) is 0 Å². The molecule has 32 heavy (non-hydrogen) atoms. The Balaban J connectivity index is 1.48. The maximum atomic E-state index is 6.37. The zero-order valence-electron chi connectivity index (χ0n) is 19.6. The van der Waals surface area contributed by atoms with Crippen molar-refractivity contribution in [1.82, 2.24) is 9.97 Å². The van der Waals surface area contributed by atoms with Gasteiger partial charge in [0.25, 0.3) is 0 Å². The van der Waals surface area contributed by atoms with Gasteiger partial charge in [0.1, 0.15) is 5.82 Å². The van der Waals surface area contributed by atoms with Gasteiger partial charge in [-0.1, -0.05) is 19.3 Å². The zero-order chi connectivity index (χ0) is 21.8. The molecule has 1 aliphatic heterocycles. The molecule has 6 heteroatoms. The van der Waals surface area contributed by atoms with Crippen LogP contribution in [0.3, 0.4) is 0 Å². The fourth-order valence-electron chi connectivity index (χ4n) is 5.61. The van der Waals surface area contributed by atoms with Gasteiger partial charge in [-0.15, -0.1) is 0 Å². The normalized spacial score (nSPS) is 20.6. The molecule has 0 spiro atoms. The molecule has 174 valence electrons. The molecule has 1 N–H and O–H groups in total. The molecule has 3 aliphatic rings. The van der Waals surface area contributed by atoms with E-state index in [1.165, 1.54) is 64.2 Å². The average molecular weight is 439 g/mol. The van der Waals surface area contributed by atoms with E-state index in [0.717, 1.165) is 72.6 Å². The van der Waals surface area contributed by atoms with Gasteiger partial charge in [0.2, 0.25) is 5.95 Å². The third kappa shape index (κ3) is 4.89. The van der Waals surface area contributed by atoms with Crippen LogP contribution in [0.25, 0.3) is 10.9 Å². The Morgan fingerprint density at radius 1 is 0.875 bits per heavy atom. The number of ether oxygens (including phenoxy) is 2. The Morgan fingerprint density at radius 3 is 2.34 bits per heavy atom. The summed E-state index contributed by atoms with van der Waals surface area (Å²) in [5, 5.41) is 4.65. The molecule has 5 rings (SSSR count). The van der Waals surface area contributed by atoms with Crippen LogP contribution in [0.2, 0.25) is 0 Å². The van der Waals surface area contributed by atoms with Crippen molar-refractivity contribution in [2.24, 2.45) is 5.92 Å². The number of rotatable bonds is 7. The summed E-state index contributed by atoms with van der Waals surface area (Å²) in [6.07, 6.45) is 15.5. The van der Waals surface area contributed by atoms with E-state index in [9.17, 15) is 0 Å². The molecule has 2 heterocycles. The van der Waals surface area contributed by atoms with Gasteiger partial charge < -0.3 is 19.7 Å². The molecule has 1 aromatic carbocycles. The summed E-state index contributed by atoms with van der Waals surface area (Å²) in [5.41, 5.74) is 0.945. The molecule has 1 aromatic heterocycles. The molecule has 2 aromatic rings. The Bertz CT molecular complexity index is 900. The van der Waals surface area contributed by atoms with Crippen molar-refractivity contribution in [1.29, 1.82) is 0 Å². The first-order valence-corrected chi connectivity index (χ1v) is 12.9. The fraction of sp³-hybridized carbons (Fsp3) is 0.692. The third-order valence-corrected chi connectivity index (χ3v) is 7.49. The second-order valence-corrected chi connectivity index (χ2v) is 9.85. The van der Waals surface area contributed by atoms with E-state index in [1.807, 2.05) is 0 Å². The highest BCUT2D eigenvalue weighted by molar-refractivity contribution is 5.93. The highest BCUT2D eigenvalue weighted by Gasteiger charge is 2.23. The summed E-state index contributed by atoms with van der Waals surface area (Å²) in [6.45, 7) is 3.07. The summed E-state index contributed by atoms with van der Waals surface area (Å²) < 4.78 is 12.1. The van der Waals surface area contributed by atoms with E-state index in [4.69, 9.17) is 19.4 Å². The lowest BCUT2D eigenvalue weighted by Crippen LogP contribution is -2.30. The second-order valence-electron chi connectivity index (χ2n) is 9.85. The maximum Gasteiger partial charge on any atom is 0.225 e. The monoisotopic (exact) mass is 438 g/mol. The summed E-state index contributed by atoms with van der Waals surface area (Å²) in [7, 11) is 1.73. The van der Waals surface area contributed by atoms with E-state index in [1.54, 1.807) is 7.11 Å². The molecule has 2 saturated carbocycles. The van der Waals surface area contributed by atoms with Crippen LogP contribution in [0.15, 0.2) is 12.1 Å². The van der Waals surface area contributed by atoms with Crippen LogP contribution >= 0.6 is 0 Å². The average Bonchev–Trinajstić information content (AvgIpc) is 3.36. The van der Waals surface area contributed by atoms with Crippen molar-refractivity contribution in [2.75, 3.05) is 37.0 Å². The molecule has 0 bridgehead atoms. The van der Waals surface area contributed by atoms with Crippen molar-refractivity contribution < 1.29 is 9.47 Å². The van der Waals surface area contributed by atoms with E-state index in [0.29, 0.717) is 0 Å². The predicted octanol–water partition coefficient (Wildman–Crippen LogP) is 5.94. The second kappa shape index (κ2) is 10.1. The minimum absolute atomic E-state index is 0.286. The Morgan fingerprint density at radius 2 is 1.59 bits per heavy atom. The summed E-state index contributed by atoms with van der Waals surface area (Å²) in [4.78, 5) is 12.4. The topological polar surface area (TPSA) is 59.5 Å². The lowest BCUT2D eigenvalue weighted by Gasteiger charge is -2.29. The highest BCUT2D eigenvalue weighted by Crippen LogP contribution is 2.38. The van der Waals surface area contributed by atoms with Gasteiger partial charge in [-0.25, -0.2) is 4.98 Å². The third-order valence-electron chi connectivity index (χ3n) is 7.49. The van der Waals surface area contributed by atoms with Crippen molar-refractivity contribution in [2.45, 2.75) is 83.2 Å². The smallest absolute Gasteiger partial charge is 0.225 e. The number of hydrogen-bond acceptors (Lipinski definition) is 6. The quantitative estimate of drug-likeness (QED) is 0.577. The van der Waals surface area contributed by atoms with Gasteiger partial charge >= 0.3 is 0 Å². The summed E-state index contributed by atoms with van der Waals surface area (Å²) in [5.74, 6) is 4.12. The Hall–Kier alpha value is -2.24. The van der Waals surface area contributed by atoms with Crippen molar-refractivity contribution >= 4 is 22.7 Å². The molecule has 0 amide bonds. The van der Waals surface area contributed by atoms with Crippen LogP contribution < -0.4 is 19.7 Å². The lowest BCUT2D eigenvalue weighted by molar-refractivity contribution is 0.201. The molecule has 0 radical (unpaired) electrons. The summed E-state index contributed by atoms with van der Waals surface area (Å²) >= 11 is 0. The SMILES string of the molecule is COc1cc2c(N3CCCCC3)nc(NCC3CCCCC3)nc2cc1OC1CCCC1. The number of anilines is 2. The van der Waals surface area contributed by atoms with Crippen LogP contribution in [0.4, 0.5) is 11.8 Å². The number of nitrogens with zero attached hydrogens (tertiary/aromatic N) is 3. The molecule has 2 aliphatic carbocycles. The van der Waals surface area contributed by atoms with Gasteiger partial charge in [0.15, 0.2) is 11.5 Å². The van der Waals surface area contributed by atoms with Crippen LogP contribution in [-0.4, -0.2) is 42.8 Å². The lowest BCUT2D eigenvalue weighted by atomic mass is 9.89. The first kappa shape index (κ1) is 21.6. The highest BCUT2D eigenvalue weighted by atomic mass is 16.5. The number of nitrogens with one attached hydrogen (secondary N) is 1. The molecule has 1 saturated heterocycles. The number of aromatic nitrogens is 2. The molecule has 0 atom stereocenters. The van der Waals surface area contributed by atoms with Crippen molar-refractivity contribution in [3.63, 3.8) is 0 Å². The van der Waals surface area contributed by atoms with Crippen LogP contribution in [0.1, 0.15) is 77.0 Å². The van der Waals surface area contributed by atoms with Gasteiger partial charge in [0.05, 0.1) is 18.7 Å². The molecular weight excluding hydrogens is 400 g/mol. The fourth-order valence-corrected chi connectivity index (χ4v) is 5.61. The number of piperidine rings is 1. The van der Waals surface area contributed by atoms with E-state index >= 15 is 0 Å². The molecule has 3 fully saturated rings. The standard InChI is InChI=1S/C26H38N4O2/c1-31-23-16-21-22(17-24(23)32-20-12-6-7-13-20)28-26(27-18-19-10-4-2-5-11-19)29-25(21)30-14-8-3-9-15-30/h16-17,19-20H,2-15,18H2,1H3,(H,27,28,29). The minimum atomic E-state index is 0.286. The number of methoxy groups -OCH3 is 1. The molecular formula is C26H38N4O2. The first-order valence-electron chi connectivity index (χ1n) is 12.9. The predicted molar refractivity (Wildman–Crippen MR) is 130 cm³/mol. The minimum Gasteiger partial charge on any atom is -0.493 e. The number of fused-ring (bicyclic) bond motifs is 1. The van der Waals surface area contributed by atoms with E-state index in [2.05, 4.69) is 22.3 Å². The van der Waals surface area contributed by atoms with Crippen LogP contribution in [0, 0.1) is 5.92 Å². The van der Waals surface area contributed by atoms with E-state index < -0.39 is 0 Å². The zero-order valence-corrected chi connectivity index (χ0v) is 19.6. The molecule has 0 unspecified atom stereocenters. The van der Waals surface area contributed by atoms with Crippen molar-refractivity contribution in [3.8, 4) is 11.5 Å². The maximum absolute atomic E-state index is 6.37. The van der Waals surface area contributed by atoms with Gasteiger partial charge in [0, 0.05) is 31.1 Å². The van der Waals surface area contributed by atoms with Crippen LogP contribution in [-0.2, 0) is 0 Å². The largest absolute Gasteiger partial charge is 0.493 e. The van der Waals surface area contributed by atoms with E-state index in [-0.39, 0.29) is 6.10 Å². The number of hydrogen-bond donors (Lipinski definition) is 1. The van der Waals surface area contributed by atoms with Gasteiger partial charge in [-0.05, 0) is 69.8 Å². The van der Waals surface area contributed by atoms with Gasteiger partial charge in [-0.2, -0.15) is 4.98 Å². The Kier molecular flexibility index (Phi) is 6.84. The Labute approximate surface area is 192 Å². The van der Waals surface area contributed by atoms with Crippen molar-refractivity contribution in [3.05, 3.63) is 12.1 Å². The summed E-state index contributed by atoms with van der Waals surface area (Å²) in [6, 6.07) is 4.17. The molecule has 6 nitrogen and oxygen atoms in total. The first-order chi connectivity index (χ1) is 15.8. The number of benzene rings is 1.